The quantitative estimate of drug-likeness (QED) is 0.477. The fourth-order valence-corrected chi connectivity index (χ4v) is 3.19. The summed E-state index contributed by atoms with van der Waals surface area (Å²) in [5.41, 5.74) is 0. The van der Waals surface area contributed by atoms with E-state index in [0.717, 1.165) is 6.04 Å². The van der Waals surface area contributed by atoms with Gasteiger partial charge in [0, 0.05) is 25.9 Å². The molecule has 0 rings (SSSR count). The molecule has 0 saturated heterocycles. The Morgan fingerprint density at radius 2 is 1.13 bits per heavy atom. The van der Waals surface area contributed by atoms with Crippen molar-refractivity contribution in [3.63, 3.8) is 0 Å². The van der Waals surface area contributed by atoms with Crippen LogP contribution in [-0.2, 0) is 14.2 Å². The SMILES string of the molecule is CCOC(C[Si](C)(C)C)(OCC)OCC. The third kappa shape index (κ3) is 6.30. The summed E-state index contributed by atoms with van der Waals surface area (Å²) in [6.07, 6.45) is 0. The van der Waals surface area contributed by atoms with Crippen molar-refractivity contribution < 1.29 is 14.2 Å². The van der Waals surface area contributed by atoms with E-state index in [0.29, 0.717) is 19.8 Å². The van der Waals surface area contributed by atoms with E-state index in [9.17, 15) is 0 Å². The van der Waals surface area contributed by atoms with E-state index in [-0.39, 0.29) is 0 Å². The van der Waals surface area contributed by atoms with Gasteiger partial charge in [-0.05, 0) is 20.8 Å². The maximum atomic E-state index is 5.68. The van der Waals surface area contributed by atoms with E-state index < -0.39 is 14.0 Å². The van der Waals surface area contributed by atoms with Gasteiger partial charge >= 0.3 is 0 Å². The van der Waals surface area contributed by atoms with Gasteiger partial charge in [-0.25, -0.2) is 0 Å². The predicted octanol–water partition coefficient (Wildman–Crippen LogP) is 3.09. The minimum atomic E-state index is -1.28. The van der Waals surface area contributed by atoms with Gasteiger partial charge in [0.25, 0.3) is 5.97 Å². The molecule has 0 bridgehead atoms. The van der Waals surface area contributed by atoms with Crippen LogP contribution in [0.2, 0.25) is 25.7 Å². The van der Waals surface area contributed by atoms with Gasteiger partial charge < -0.3 is 14.2 Å². The molecule has 0 radical (unpaired) electrons. The van der Waals surface area contributed by atoms with Crippen LogP contribution in [0.5, 0.6) is 0 Å². The smallest absolute Gasteiger partial charge is 0.280 e. The minimum Gasteiger partial charge on any atom is -0.328 e. The molecule has 0 aliphatic carbocycles. The van der Waals surface area contributed by atoms with Gasteiger partial charge in [0.2, 0.25) is 0 Å². The average Bonchev–Trinajstić information content (AvgIpc) is 2.01. The Morgan fingerprint density at radius 1 is 0.800 bits per heavy atom. The Hall–Kier alpha value is 0.0969. The van der Waals surface area contributed by atoms with E-state index >= 15 is 0 Å². The fourth-order valence-electron chi connectivity index (χ4n) is 1.59. The molecule has 0 fully saturated rings. The molecule has 0 unspecified atom stereocenters. The van der Waals surface area contributed by atoms with Gasteiger partial charge in [0.05, 0.1) is 8.07 Å². The average molecular weight is 234 g/mol. The highest BCUT2D eigenvalue weighted by atomic mass is 28.3. The number of hydrogen-bond donors (Lipinski definition) is 0. The highest BCUT2D eigenvalue weighted by Crippen LogP contribution is 2.27. The first-order valence-electron chi connectivity index (χ1n) is 5.81. The second kappa shape index (κ2) is 6.63. The monoisotopic (exact) mass is 234 g/mol. The van der Waals surface area contributed by atoms with Crippen molar-refractivity contribution >= 4 is 8.07 Å². The summed E-state index contributed by atoms with van der Waals surface area (Å²) in [7, 11) is -1.28. The standard InChI is InChI=1S/C11H26O3Si/c1-7-12-11(13-8-2,14-9-3)10-15(4,5)6/h7-10H2,1-6H3. The molecule has 0 amide bonds. The summed E-state index contributed by atoms with van der Waals surface area (Å²) in [6.45, 7) is 14.6. The molecule has 92 valence electrons. The van der Waals surface area contributed by atoms with Crippen molar-refractivity contribution in [2.75, 3.05) is 19.8 Å². The summed E-state index contributed by atoms with van der Waals surface area (Å²) in [6, 6.07) is 0.871. The van der Waals surface area contributed by atoms with Crippen LogP contribution < -0.4 is 0 Å². The lowest BCUT2D eigenvalue weighted by Gasteiger charge is -2.36. The molecule has 0 atom stereocenters. The number of hydrogen-bond acceptors (Lipinski definition) is 3. The van der Waals surface area contributed by atoms with Crippen LogP contribution >= 0.6 is 0 Å². The van der Waals surface area contributed by atoms with Crippen LogP contribution in [0.1, 0.15) is 20.8 Å². The lowest BCUT2D eigenvalue weighted by molar-refractivity contribution is -0.365. The van der Waals surface area contributed by atoms with Gasteiger partial charge in [-0.3, -0.25) is 0 Å². The number of ether oxygens (including phenoxy) is 3. The van der Waals surface area contributed by atoms with Crippen LogP contribution in [-0.4, -0.2) is 33.9 Å². The third-order valence-electron chi connectivity index (χ3n) is 1.84. The van der Waals surface area contributed by atoms with Crippen molar-refractivity contribution in [3.05, 3.63) is 0 Å². The highest BCUT2D eigenvalue weighted by Gasteiger charge is 2.37. The van der Waals surface area contributed by atoms with Crippen molar-refractivity contribution in [2.45, 2.75) is 52.4 Å². The van der Waals surface area contributed by atoms with Gasteiger partial charge in [-0.1, -0.05) is 19.6 Å². The van der Waals surface area contributed by atoms with Crippen LogP contribution in [0.25, 0.3) is 0 Å². The molecule has 0 aliphatic heterocycles. The first-order valence-corrected chi connectivity index (χ1v) is 9.51. The molecule has 0 aromatic heterocycles. The Bertz CT molecular complexity index is 149. The van der Waals surface area contributed by atoms with Gasteiger partial charge in [-0.15, -0.1) is 0 Å². The van der Waals surface area contributed by atoms with Gasteiger partial charge in [-0.2, -0.15) is 0 Å². The summed E-state index contributed by atoms with van der Waals surface area (Å²) in [5.74, 6) is -0.803. The maximum absolute atomic E-state index is 5.68. The second-order valence-electron chi connectivity index (χ2n) is 4.72. The van der Waals surface area contributed by atoms with Crippen molar-refractivity contribution in [1.29, 1.82) is 0 Å². The zero-order chi connectivity index (χ0) is 11.9. The minimum absolute atomic E-state index is 0.616. The lowest BCUT2D eigenvalue weighted by atomic mass is 10.6. The zero-order valence-electron chi connectivity index (χ0n) is 11.1. The first-order chi connectivity index (χ1) is 6.89. The fraction of sp³-hybridized carbons (Fsp3) is 1.00. The molecular weight excluding hydrogens is 208 g/mol. The van der Waals surface area contributed by atoms with Crippen LogP contribution in [0.15, 0.2) is 0 Å². The van der Waals surface area contributed by atoms with E-state index in [2.05, 4.69) is 19.6 Å². The number of rotatable bonds is 8. The highest BCUT2D eigenvalue weighted by molar-refractivity contribution is 6.76. The molecule has 0 aromatic carbocycles. The van der Waals surface area contributed by atoms with E-state index in [4.69, 9.17) is 14.2 Å². The molecule has 0 heterocycles. The summed E-state index contributed by atoms with van der Waals surface area (Å²) in [5, 5.41) is 0. The molecule has 15 heavy (non-hydrogen) atoms. The van der Waals surface area contributed by atoms with Gasteiger partial charge in [0.15, 0.2) is 0 Å². The van der Waals surface area contributed by atoms with Crippen LogP contribution in [0.4, 0.5) is 0 Å². The summed E-state index contributed by atoms with van der Waals surface area (Å²) in [4.78, 5) is 0. The summed E-state index contributed by atoms with van der Waals surface area (Å²) < 4.78 is 17.0. The molecule has 0 saturated carbocycles. The molecule has 4 heteroatoms. The van der Waals surface area contributed by atoms with Crippen molar-refractivity contribution in [1.82, 2.24) is 0 Å². The summed E-state index contributed by atoms with van der Waals surface area (Å²) >= 11 is 0. The van der Waals surface area contributed by atoms with Crippen molar-refractivity contribution in [2.24, 2.45) is 0 Å². The second-order valence-corrected chi connectivity index (χ2v) is 10.2. The van der Waals surface area contributed by atoms with E-state index in [1.54, 1.807) is 0 Å². The molecule has 0 N–H and O–H groups in total. The Labute approximate surface area is 95.1 Å². The lowest BCUT2D eigenvalue weighted by Crippen LogP contribution is -2.45. The maximum Gasteiger partial charge on any atom is 0.280 e. The van der Waals surface area contributed by atoms with E-state index in [1.165, 1.54) is 0 Å². The van der Waals surface area contributed by atoms with Crippen LogP contribution in [0, 0.1) is 0 Å². The topological polar surface area (TPSA) is 27.7 Å². The normalized spacial score (nSPS) is 13.2. The van der Waals surface area contributed by atoms with Crippen molar-refractivity contribution in [3.8, 4) is 0 Å². The molecule has 3 nitrogen and oxygen atoms in total. The molecular formula is C11H26O3Si. The van der Waals surface area contributed by atoms with Crippen LogP contribution in [0.3, 0.4) is 0 Å². The zero-order valence-corrected chi connectivity index (χ0v) is 12.1. The Morgan fingerprint density at radius 3 is 1.33 bits per heavy atom. The largest absolute Gasteiger partial charge is 0.328 e. The predicted molar refractivity (Wildman–Crippen MR) is 65.8 cm³/mol. The molecule has 0 aliphatic rings. The van der Waals surface area contributed by atoms with Gasteiger partial charge in [0.1, 0.15) is 0 Å². The molecule has 0 aromatic rings. The Balaban J connectivity index is 4.60. The first kappa shape index (κ1) is 15.1. The van der Waals surface area contributed by atoms with E-state index in [1.807, 2.05) is 20.8 Å². The molecule has 0 spiro atoms. The Kier molecular flexibility index (Phi) is 6.67. The third-order valence-corrected chi connectivity index (χ3v) is 3.33.